The number of hydrazine groups is 1. The van der Waals surface area contributed by atoms with E-state index in [-0.39, 0.29) is 29.4 Å². The van der Waals surface area contributed by atoms with Gasteiger partial charge >= 0.3 is 0 Å². The topological polar surface area (TPSA) is 136 Å². The molecule has 2 aliphatic heterocycles. The molecule has 0 aromatic heterocycles. The highest BCUT2D eigenvalue weighted by atomic mass is 16.5. The number of nitrogens with zero attached hydrogens (tertiary/aromatic N) is 2. The van der Waals surface area contributed by atoms with Crippen LogP contribution in [0.25, 0.3) is 0 Å². The molecule has 3 N–H and O–H groups in total. The maximum absolute atomic E-state index is 15.0. The summed E-state index contributed by atoms with van der Waals surface area (Å²) < 4.78 is 5.30. The number of ether oxygens (including phenoxy) is 1. The number of nitrogens with one attached hydrogen (secondary N) is 1. The normalized spacial score (nSPS) is 29.2. The van der Waals surface area contributed by atoms with Crippen molar-refractivity contribution in [3.8, 4) is 11.5 Å². The molecule has 1 saturated carbocycles. The molecule has 4 amide bonds. The van der Waals surface area contributed by atoms with Gasteiger partial charge in [0.25, 0.3) is 23.6 Å². The number of amides is 4. The number of hydroxylamine groups is 2. The van der Waals surface area contributed by atoms with Crippen molar-refractivity contribution in [3.63, 3.8) is 0 Å². The fraction of sp³-hybridized carbons (Fsp3) is 0.294. The number of imide groups is 2. The number of phenols is 1. The van der Waals surface area contributed by atoms with Gasteiger partial charge in [-0.2, -0.15) is 10.1 Å². The Labute approximate surface area is 253 Å². The monoisotopic (exact) mass is 593 g/mol. The maximum Gasteiger partial charge on any atom is 0.260 e. The Bertz CT molecular complexity index is 1740. The van der Waals surface area contributed by atoms with Gasteiger partial charge in [0.15, 0.2) is 11.5 Å². The van der Waals surface area contributed by atoms with Crippen LogP contribution >= 0.6 is 0 Å². The number of allylic oxidation sites excluding steroid dienone is 2. The average Bonchev–Trinajstić information content (AvgIpc) is 3.39. The second-order valence-electron chi connectivity index (χ2n) is 12.0. The molecule has 2 heterocycles. The predicted octanol–water partition coefficient (Wildman–Crippen LogP) is 4.08. The molecule has 10 heteroatoms. The summed E-state index contributed by atoms with van der Waals surface area (Å²) in [5.41, 5.74) is 5.08. The van der Waals surface area contributed by atoms with E-state index in [1.165, 1.54) is 13.2 Å². The molecule has 0 bridgehead atoms. The van der Waals surface area contributed by atoms with E-state index in [2.05, 4.69) is 5.43 Å². The molecule has 6 atom stereocenters. The van der Waals surface area contributed by atoms with Crippen LogP contribution in [0.15, 0.2) is 84.4 Å². The Hall–Kier alpha value is -4.96. The van der Waals surface area contributed by atoms with Crippen LogP contribution in [0.1, 0.15) is 35.4 Å². The van der Waals surface area contributed by atoms with Gasteiger partial charge in [0.2, 0.25) is 0 Å². The van der Waals surface area contributed by atoms with Gasteiger partial charge in [-0.3, -0.25) is 29.8 Å². The lowest BCUT2D eigenvalue weighted by molar-refractivity contribution is -0.173. The Morgan fingerprint density at radius 2 is 1.64 bits per heavy atom. The van der Waals surface area contributed by atoms with E-state index in [1.54, 1.807) is 24.3 Å². The molecule has 224 valence electrons. The number of aryl methyl sites for hydroxylation is 1. The fourth-order valence-corrected chi connectivity index (χ4v) is 7.99. The van der Waals surface area contributed by atoms with Crippen molar-refractivity contribution in [2.45, 2.75) is 31.1 Å². The van der Waals surface area contributed by atoms with E-state index in [1.807, 2.05) is 55.5 Å². The van der Waals surface area contributed by atoms with E-state index in [9.17, 15) is 29.5 Å². The number of phenolic OH excluding ortho intramolecular Hbond substituents is 1. The number of hydrogen-bond donors (Lipinski definition) is 3. The van der Waals surface area contributed by atoms with Crippen LogP contribution in [0.3, 0.4) is 0 Å². The van der Waals surface area contributed by atoms with Gasteiger partial charge in [-0.1, -0.05) is 65.7 Å². The fourth-order valence-electron chi connectivity index (χ4n) is 7.99. The van der Waals surface area contributed by atoms with Crippen molar-refractivity contribution >= 4 is 29.3 Å². The highest BCUT2D eigenvalue weighted by molar-refractivity contribution is 6.13. The molecule has 6 unspecified atom stereocenters. The predicted molar refractivity (Wildman–Crippen MR) is 157 cm³/mol. The van der Waals surface area contributed by atoms with Crippen LogP contribution < -0.4 is 10.2 Å². The van der Waals surface area contributed by atoms with Gasteiger partial charge in [-0.15, -0.1) is 0 Å². The molecular weight excluding hydrogens is 562 g/mol. The number of benzene rings is 3. The number of carbonyl (C=O) groups is 4. The Balaban J connectivity index is 1.47. The number of methoxy groups -OCH3 is 1. The highest BCUT2D eigenvalue weighted by Gasteiger charge is 2.70. The molecular formula is C34H31N3O7. The standard InChI is InChI=1S/C34H31N3O7/c1-18-8-11-21(12-9-18)35-36-31(40)25-17-24-22(13-14-23-28(24)32(41)37(43)30(23)39)29(19-10-15-27(44-2)26(38)16-19)34(25,33(36)42)20-6-4-3-5-7-20/h3-13,15-16,23-25,28-29,35,38,43H,14,17H2,1-2H3. The number of carbonyl (C=O) groups excluding carboxylic acids is 4. The highest BCUT2D eigenvalue weighted by Crippen LogP contribution is 2.64. The molecule has 3 aromatic carbocycles. The van der Waals surface area contributed by atoms with Crippen molar-refractivity contribution in [3.05, 3.63) is 101 Å². The van der Waals surface area contributed by atoms with Crippen LogP contribution in [0, 0.1) is 30.6 Å². The van der Waals surface area contributed by atoms with Crippen molar-refractivity contribution in [2.24, 2.45) is 23.7 Å². The third-order valence-corrected chi connectivity index (χ3v) is 9.91. The van der Waals surface area contributed by atoms with Crippen molar-refractivity contribution in [1.82, 2.24) is 10.1 Å². The Kier molecular flexibility index (Phi) is 6.36. The minimum absolute atomic E-state index is 0.115. The summed E-state index contributed by atoms with van der Waals surface area (Å²) in [6, 6.07) is 21.4. The summed E-state index contributed by atoms with van der Waals surface area (Å²) in [6.07, 6.45) is 2.20. The number of fused-ring (bicyclic) bond motifs is 4. The summed E-state index contributed by atoms with van der Waals surface area (Å²) >= 11 is 0. The SMILES string of the molecule is COc1ccc(C2C3=CCC4C(=O)N(O)C(=O)C4C3CC3C(=O)N(Nc4ccc(C)cc4)C(=O)C32c2ccccc2)cc1O. The zero-order valence-corrected chi connectivity index (χ0v) is 24.1. The first-order chi connectivity index (χ1) is 21.2. The van der Waals surface area contributed by atoms with E-state index in [0.717, 1.165) is 16.1 Å². The van der Waals surface area contributed by atoms with E-state index < -0.39 is 58.6 Å². The van der Waals surface area contributed by atoms with Crippen LogP contribution in [0.5, 0.6) is 11.5 Å². The number of rotatable bonds is 5. The molecule has 0 radical (unpaired) electrons. The molecule has 2 aliphatic carbocycles. The molecule has 3 fully saturated rings. The Morgan fingerprint density at radius 1 is 0.909 bits per heavy atom. The maximum atomic E-state index is 15.0. The summed E-state index contributed by atoms with van der Waals surface area (Å²) in [5, 5.41) is 22.5. The Morgan fingerprint density at radius 3 is 2.32 bits per heavy atom. The molecule has 44 heavy (non-hydrogen) atoms. The smallest absolute Gasteiger partial charge is 0.260 e. The largest absolute Gasteiger partial charge is 0.504 e. The van der Waals surface area contributed by atoms with Gasteiger partial charge in [0.05, 0.1) is 36.0 Å². The van der Waals surface area contributed by atoms with Gasteiger partial charge in [0, 0.05) is 5.92 Å². The molecule has 7 rings (SSSR count). The second-order valence-corrected chi connectivity index (χ2v) is 12.0. The minimum atomic E-state index is -1.45. The lowest BCUT2D eigenvalue weighted by Crippen LogP contribution is -2.53. The summed E-state index contributed by atoms with van der Waals surface area (Å²) in [6.45, 7) is 1.94. The van der Waals surface area contributed by atoms with E-state index in [4.69, 9.17) is 4.74 Å². The van der Waals surface area contributed by atoms with Gasteiger partial charge in [-0.05, 0) is 61.1 Å². The molecule has 2 saturated heterocycles. The number of anilines is 1. The summed E-state index contributed by atoms with van der Waals surface area (Å²) in [7, 11) is 1.44. The van der Waals surface area contributed by atoms with Gasteiger partial charge < -0.3 is 9.84 Å². The first kappa shape index (κ1) is 27.8. The van der Waals surface area contributed by atoms with E-state index in [0.29, 0.717) is 16.8 Å². The third-order valence-electron chi connectivity index (χ3n) is 9.91. The van der Waals surface area contributed by atoms with Crippen molar-refractivity contribution in [1.29, 1.82) is 0 Å². The second kappa shape index (κ2) is 10.1. The molecule has 4 aliphatic rings. The van der Waals surface area contributed by atoms with Crippen LogP contribution in [0.2, 0.25) is 0 Å². The molecule has 3 aromatic rings. The van der Waals surface area contributed by atoms with Crippen LogP contribution in [0.4, 0.5) is 5.69 Å². The summed E-state index contributed by atoms with van der Waals surface area (Å²) in [4.78, 5) is 55.6. The number of hydrogen-bond acceptors (Lipinski definition) is 8. The first-order valence-electron chi connectivity index (χ1n) is 14.6. The minimum Gasteiger partial charge on any atom is -0.504 e. The molecule has 0 spiro atoms. The quantitative estimate of drug-likeness (QED) is 0.229. The third kappa shape index (κ3) is 3.77. The zero-order chi connectivity index (χ0) is 30.9. The van der Waals surface area contributed by atoms with Gasteiger partial charge in [0.1, 0.15) is 0 Å². The first-order valence-corrected chi connectivity index (χ1v) is 14.6. The van der Waals surface area contributed by atoms with Crippen molar-refractivity contribution < 1.29 is 34.2 Å². The van der Waals surface area contributed by atoms with Crippen molar-refractivity contribution in [2.75, 3.05) is 12.5 Å². The lowest BCUT2D eigenvalue weighted by Gasteiger charge is -2.50. The van der Waals surface area contributed by atoms with Crippen LogP contribution in [-0.4, -0.2) is 51.1 Å². The van der Waals surface area contributed by atoms with E-state index >= 15 is 0 Å². The lowest BCUT2D eigenvalue weighted by atomic mass is 9.49. The average molecular weight is 594 g/mol. The zero-order valence-electron chi connectivity index (χ0n) is 24.1. The number of aromatic hydroxyl groups is 1. The summed E-state index contributed by atoms with van der Waals surface area (Å²) in [5.74, 6) is -6.13. The van der Waals surface area contributed by atoms with Crippen LogP contribution in [-0.2, 0) is 24.6 Å². The molecule has 10 nitrogen and oxygen atoms in total. The van der Waals surface area contributed by atoms with Gasteiger partial charge in [-0.25, -0.2) is 0 Å².